The van der Waals surface area contributed by atoms with Gasteiger partial charge >= 0.3 is 0 Å². The maximum atomic E-state index is 5.98. The number of pyridine rings is 1. The second-order valence-corrected chi connectivity index (χ2v) is 5.07. The molecule has 3 heterocycles. The lowest BCUT2D eigenvalue weighted by Crippen LogP contribution is -2.19. The molecular formula is C13H16ClN3. The van der Waals surface area contributed by atoms with Gasteiger partial charge in [-0.2, -0.15) is 0 Å². The number of nitrogens with zero attached hydrogens (tertiary/aromatic N) is 3. The summed E-state index contributed by atoms with van der Waals surface area (Å²) in [7, 11) is 0. The zero-order valence-electron chi connectivity index (χ0n) is 9.93. The third-order valence-electron chi connectivity index (χ3n) is 3.61. The van der Waals surface area contributed by atoms with E-state index in [0.717, 1.165) is 23.6 Å². The number of rotatable bonds is 2. The third-order valence-corrected chi connectivity index (χ3v) is 3.84. The molecule has 0 aliphatic carbocycles. The van der Waals surface area contributed by atoms with Crippen molar-refractivity contribution in [2.45, 2.75) is 19.3 Å². The van der Waals surface area contributed by atoms with E-state index in [2.05, 4.69) is 21.2 Å². The number of fused-ring (bicyclic) bond motifs is 1. The zero-order valence-corrected chi connectivity index (χ0v) is 10.7. The molecule has 0 amide bonds. The van der Waals surface area contributed by atoms with Crippen LogP contribution in [0.5, 0.6) is 0 Å². The molecule has 1 atom stereocenters. The molecule has 17 heavy (non-hydrogen) atoms. The molecule has 1 fully saturated rings. The van der Waals surface area contributed by atoms with Gasteiger partial charge in [-0.3, -0.25) is 0 Å². The molecule has 3 nitrogen and oxygen atoms in total. The molecule has 0 aromatic carbocycles. The summed E-state index contributed by atoms with van der Waals surface area (Å²) in [5.41, 5.74) is 1.09. The number of hydrogen-bond donors (Lipinski definition) is 0. The van der Waals surface area contributed by atoms with E-state index in [0.29, 0.717) is 5.92 Å². The number of hydrogen-bond acceptors (Lipinski definition) is 2. The van der Waals surface area contributed by atoms with Gasteiger partial charge in [0.05, 0.1) is 11.7 Å². The van der Waals surface area contributed by atoms with E-state index in [9.17, 15) is 0 Å². The molecule has 1 unspecified atom stereocenters. The van der Waals surface area contributed by atoms with Crippen LogP contribution < -0.4 is 0 Å². The summed E-state index contributed by atoms with van der Waals surface area (Å²) in [6.45, 7) is 5.65. The molecule has 0 radical (unpaired) electrons. The summed E-state index contributed by atoms with van der Waals surface area (Å²) in [5.74, 6) is 1.73. The van der Waals surface area contributed by atoms with Gasteiger partial charge in [-0.05, 0) is 31.6 Å². The topological polar surface area (TPSA) is 20.5 Å². The fourth-order valence-corrected chi connectivity index (χ4v) is 2.79. The van der Waals surface area contributed by atoms with Gasteiger partial charge in [0.1, 0.15) is 5.82 Å². The van der Waals surface area contributed by atoms with Crippen molar-refractivity contribution in [1.82, 2.24) is 14.3 Å². The predicted molar refractivity (Wildman–Crippen MR) is 69.7 cm³/mol. The first kappa shape index (κ1) is 11.1. The van der Waals surface area contributed by atoms with Gasteiger partial charge in [0, 0.05) is 23.7 Å². The Labute approximate surface area is 106 Å². The SMILES string of the molecule is CCN1CCC(c2ncc3cc(Cl)ccn23)C1. The average molecular weight is 250 g/mol. The zero-order chi connectivity index (χ0) is 11.8. The maximum Gasteiger partial charge on any atom is 0.117 e. The number of imidazole rings is 1. The Hall–Kier alpha value is -1.06. The monoisotopic (exact) mass is 249 g/mol. The van der Waals surface area contributed by atoms with Crippen LogP contribution in [-0.2, 0) is 0 Å². The summed E-state index contributed by atoms with van der Waals surface area (Å²) in [6, 6.07) is 3.89. The molecule has 0 bridgehead atoms. The van der Waals surface area contributed by atoms with Gasteiger partial charge in [0.15, 0.2) is 0 Å². The van der Waals surface area contributed by atoms with E-state index in [1.165, 1.54) is 18.8 Å². The molecule has 2 aromatic rings. The van der Waals surface area contributed by atoms with Crippen molar-refractivity contribution in [2.24, 2.45) is 0 Å². The second-order valence-electron chi connectivity index (χ2n) is 4.64. The van der Waals surface area contributed by atoms with Gasteiger partial charge < -0.3 is 9.30 Å². The van der Waals surface area contributed by atoms with Gasteiger partial charge in [0.25, 0.3) is 0 Å². The highest BCUT2D eigenvalue weighted by Gasteiger charge is 2.25. The lowest BCUT2D eigenvalue weighted by atomic mass is 10.1. The summed E-state index contributed by atoms with van der Waals surface area (Å²) in [4.78, 5) is 7.04. The third kappa shape index (κ3) is 1.94. The van der Waals surface area contributed by atoms with Crippen molar-refractivity contribution in [3.05, 3.63) is 35.4 Å². The van der Waals surface area contributed by atoms with Crippen molar-refractivity contribution >= 4 is 17.1 Å². The number of halogens is 1. The molecule has 3 rings (SSSR count). The number of likely N-dealkylation sites (N-methyl/N-ethyl adjacent to an activating group) is 1. The lowest BCUT2D eigenvalue weighted by molar-refractivity contribution is 0.352. The van der Waals surface area contributed by atoms with Crippen molar-refractivity contribution in [2.75, 3.05) is 19.6 Å². The van der Waals surface area contributed by atoms with E-state index in [4.69, 9.17) is 11.6 Å². The van der Waals surface area contributed by atoms with Crippen LogP contribution in [0.2, 0.25) is 5.02 Å². The molecule has 4 heteroatoms. The van der Waals surface area contributed by atoms with E-state index < -0.39 is 0 Å². The molecule has 90 valence electrons. The second kappa shape index (κ2) is 4.31. The minimum absolute atomic E-state index is 0.554. The molecule has 1 saturated heterocycles. The fraction of sp³-hybridized carbons (Fsp3) is 0.462. The molecule has 0 spiro atoms. The normalized spacial score (nSPS) is 21.4. The van der Waals surface area contributed by atoms with Crippen molar-refractivity contribution in [1.29, 1.82) is 0 Å². The largest absolute Gasteiger partial charge is 0.303 e. The number of aromatic nitrogens is 2. The highest BCUT2D eigenvalue weighted by atomic mass is 35.5. The predicted octanol–water partition coefficient (Wildman–Crippen LogP) is 2.80. The van der Waals surface area contributed by atoms with Crippen LogP contribution in [0.25, 0.3) is 5.52 Å². The summed E-state index contributed by atoms with van der Waals surface area (Å²) >= 11 is 5.98. The summed E-state index contributed by atoms with van der Waals surface area (Å²) < 4.78 is 2.16. The van der Waals surface area contributed by atoms with Gasteiger partial charge in [0.2, 0.25) is 0 Å². The first-order valence-corrected chi connectivity index (χ1v) is 6.50. The molecule has 1 aliphatic rings. The van der Waals surface area contributed by atoms with E-state index in [1.54, 1.807) is 0 Å². The van der Waals surface area contributed by atoms with Gasteiger partial charge in [-0.25, -0.2) is 4.98 Å². The Morgan fingerprint density at radius 1 is 1.53 bits per heavy atom. The van der Waals surface area contributed by atoms with Crippen molar-refractivity contribution in [3.63, 3.8) is 0 Å². The quantitative estimate of drug-likeness (QED) is 0.816. The molecule has 1 aliphatic heterocycles. The van der Waals surface area contributed by atoms with Gasteiger partial charge in [-0.1, -0.05) is 18.5 Å². The highest BCUT2D eigenvalue weighted by Crippen LogP contribution is 2.27. The Balaban J connectivity index is 1.96. The van der Waals surface area contributed by atoms with E-state index >= 15 is 0 Å². The average Bonchev–Trinajstić information content (AvgIpc) is 2.93. The first-order valence-electron chi connectivity index (χ1n) is 6.13. The Kier molecular flexibility index (Phi) is 2.81. The van der Waals surface area contributed by atoms with Crippen LogP contribution >= 0.6 is 11.6 Å². The Morgan fingerprint density at radius 2 is 2.41 bits per heavy atom. The minimum atomic E-state index is 0.554. The minimum Gasteiger partial charge on any atom is -0.303 e. The van der Waals surface area contributed by atoms with Crippen molar-refractivity contribution < 1.29 is 0 Å². The summed E-state index contributed by atoms with van der Waals surface area (Å²) in [6.07, 6.45) is 5.14. The molecule has 2 aromatic heterocycles. The highest BCUT2D eigenvalue weighted by molar-refractivity contribution is 6.30. The van der Waals surface area contributed by atoms with Gasteiger partial charge in [-0.15, -0.1) is 0 Å². The van der Waals surface area contributed by atoms with E-state index in [1.807, 2.05) is 24.5 Å². The van der Waals surface area contributed by atoms with Crippen LogP contribution in [-0.4, -0.2) is 33.9 Å². The van der Waals surface area contributed by atoms with Crippen LogP contribution in [0.1, 0.15) is 25.1 Å². The molecular weight excluding hydrogens is 234 g/mol. The molecule has 0 saturated carbocycles. The number of likely N-dealkylation sites (tertiary alicyclic amines) is 1. The Bertz CT molecular complexity index is 534. The van der Waals surface area contributed by atoms with Crippen LogP contribution in [0.3, 0.4) is 0 Å². The lowest BCUT2D eigenvalue weighted by Gasteiger charge is -2.12. The van der Waals surface area contributed by atoms with E-state index in [-0.39, 0.29) is 0 Å². The van der Waals surface area contributed by atoms with Crippen LogP contribution in [0.4, 0.5) is 0 Å². The van der Waals surface area contributed by atoms with Crippen LogP contribution in [0.15, 0.2) is 24.5 Å². The smallest absolute Gasteiger partial charge is 0.117 e. The summed E-state index contributed by atoms with van der Waals surface area (Å²) in [5, 5.41) is 0.769. The Morgan fingerprint density at radius 3 is 3.18 bits per heavy atom. The molecule has 0 N–H and O–H groups in total. The standard InChI is InChI=1S/C13H16ClN3/c1-2-16-5-3-10(9-16)13-15-8-12-7-11(14)4-6-17(12)13/h4,6-8,10H,2-3,5,9H2,1H3. The van der Waals surface area contributed by atoms with Crippen LogP contribution in [0, 0.1) is 0 Å². The maximum absolute atomic E-state index is 5.98. The van der Waals surface area contributed by atoms with Crippen molar-refractivity contribution in [3.8, 4) is 0 Å². The first-order chi connectivity index (χ1) is 8.28. The fourth-order valence-electron chi connectivity index (χ4n) is 2.63.